The lowest BCUT2D eigenvalue weighted by Gasteiger charge is -2.04. The standard InChI is InChI=1S/C10H10BrIO2/c1-2-14-10(13)6-7-5-8(11)3-4-9(7)12/h3-5H,2,6H2,1H3. The number of ether oxygens (including phenoxy) is 1. The molecule has 0 bridgehead atoms. The van der Waals surface area contributed by atoms with Crippen LogP contribution in [0.1, 0.15) is 12.5 Å². The highest BCUT2D eigenvalue weighted by Crippen LogP contribution is 2.19. The van der Waals surface area contributed by atoms with E-state index in [1.165, 1.54) is 0 Å². The van der Waals surface area contributed by atoms with Crippen molar-refractivity contribution in [3.8, 4) is 0 Å². The van der Waals surface area contributed by atoms with Crippen molar-refractivity contribution in [2.75, 3.05) is 6.61 Å². The topological polar surface area (TPSA) is 26.3 Å². The highest BCUT2D eigenvalue weighted by atomic mass is 127. The largest absolute Gasteiger partial charge is 0.466 e. The van der Waals surface area contributed by atoms with Gasteiger partial charge in [0.25, 0.3) is 0 Å². The molecule has 0 atom stereocenters. The van der Waals surface area contributed by atoms with Crippen molar-refractivity contribution in [2.24, 2.45) is 0 Å². The molecule has 14 heavy (non-hydrogen) atoms. The first kappa shape index (κ1) is 12.0. The van der Waals surface area contributed by atoms with E-state index in [-0.39, 0.29) is 5.97 Å². The fourth-order valence-electron chi connectivity index (χ4n) is 1.05. The van der Waals surface area contributed by atoms with Crippen molar-refractivity contribution < 1.29 is 9.53 Å². The third kappa shape index (κ3) is 3.57. The fraction of sp³-hybridized carbons (Fsp3) is 0.300. The van der Waals surface area contributed by atoms with Gasteiger partial charge in [-0.1, -0.05) is 15.9 Å². The molecule has 0 N–H and O–H groups in total. The lowest BCUT2D eigenvalue weighted by Crippen LogP contribution is -2.08. The summed E-state index contributed by atoms with van der Waals surface area (Å²) in [4.78, 5) is 11.2. The predicted octanol–water partition coefficient (Wildman–Crippen LogP) is 3.16. The van der Waals surface area contributed by atoms with Gasteiger partial charge in [0.2, 0.25) is 0 Å². The van der Waals surface area contributed by atoms with E-state index in [1.54, 1.807) is 0 Å². The van der Waals surface area contributed by atoms with E-state index in [2.05, 4.69) is 38.5 Å². The first-order valence-electron chi connectivity index (χ1n) is 4.23. The smallest absolute Gasteiger partial charge is 0.310 e. The summed E-state index contributed by atoms with van der Waals surface area (Å²) in [6, 6.07) is 5.87. The molecule has 0 radical (unpaired) electrons. The third-order valence-corrected chi connectivity index (χ3v) is 3.19. The number of hydrogen-bond acceptors (Lipinski definition) is 2. The van der Waals surface area contributed by atoms with Gasteiger partial charge in [-0.3, -0.25) is 4.79 Å². The summed E-state index contributed by atoms with van der Waals surface area (Å²) in [7, 11) is 0. The van der Waals surface area contributed by atoms with E-state index in [4.69, 9.17) is 4.74 Å². The van der Waals surface area contributed by atoms with Crippen molar-refractivity contribution in [2.45, 2.75) is 13.3 Å². The summed E-state index contributed by atoms with van der Waals surface area (Å²) >= 11 is 5.58. The lowest BCUT2D eigenvalue weighted by atomic mass is 10.2. The van der Waals surface area contributed by atoms with Crippen molar-refractivity contribution in [3.05, 3.63) is 31.8 Å². The number of benzene rings is 1. The maximum atomic E-state index is 11.2. The number of halogens is 2. The second-order valence-corrected chi connectivity index (χ2v) is 4.80. The lowest BCUT2D eigenvalue weighted by molar-refractivity contribution is -0.142. The highest BCUT2D eigenvalue weighted by Gasteiger charge is 2.07. The van der Waals surface area contributed by atoms with Crippen LogP contribution in [0.4, 0.5) is 0 Å². The van der Waals surface area contributed by atoms with Gasteiger partial charge < -0.3 is 4.74 Å². The van der Waals surface area contributed by atoms with Crippen LogP contribution in [0, 0.1) is 3.57 Å². The highest BCUT2D eigenvalue weighted by molar-refractivity contribution is 14.1. The fourth-order valence-corrected chi connectivity index (χ4v) is 1.98. The Bertz CT molecular complexity index is 339. The van der Waals surface area contributed by atoms with E-state index in [0.29, 0.717) is 13.0 Å². The zero-order valence-corrected chi connectivity index (χ0v) is 11.5. The molecule has 0 amide bonds. The van der Waals surface area contributed by atoms with E-state index in [9.17, 15) is 4.79 Å². The van der Waals surface area contributed by atoms with Crippen LogP contribution in [0.25, 0.3) is 0 Å². The van der Waals surface area contributed by atoms with Crippen molar-refractivity contribution in [1.82, 2.24) is 0 Å². The van der Waals surface area contributed by atoms with Crippen LogP contribution in [0.2, 0.25) is 0 Å². The van der Waals surface area contributed by atoms with Gasteiger partial charge in [-0.15, -0.1) is 0 Å². The van der Waals surface area contributed by atoms with Crippen molar-refractivity contribution >= 4 is 44.5 Å². The zero-order valence-electron chi connectivity index (χ0n) is 7.72. The predicted molar refractivity (Wildman–Crippen MR) is 67.2 cm³/mol. The molecule has 0 spiro atoms. The molecule has 0 saturated carbocycles. The maximum absolute atomic E-state index is 11.2. The Morgan fingerprint density at radius 1 is 1.57 bits per heavy atom. The Morgan fingerprint density at radius 3 is 2.93 bits per heavy atom. The van der Waals surface area contributed by atoms with E-state index in [0.717, 1.165) is 13.6 Å². The molecule has 0 saturated heterocycles. The molecule has 0 fully saturated rings. The Balaban J connectivity index is 2.75. The summed E-state index contributed by atoms with van der Waals surface area (Å²) in [5, 5.41) is 0. The Hall–Kier alpha value is -0.100. The second-order valence-electron chi connectivity index (χ2n) is 2.72. The van der Waals surface area contributed by atoms with Gasteiger partial charge in [0.15, 0.2) is 0 Å². The van der Waals surface area contributed by atoms with E-state index >= 15 is 0 Å². The van der Waals surface area contributed by atoms with Gasteiger partial charge in [0.05, 0.1) is 13.0 Å². The molecular weight excluding hydrogens is 359 g/mol. The molecule has 0 unspecified atom stereocenters. The van der Waals surface area contributed by atoms with Crippen molar-refractivity contribution in [1.29, 1.82) is 0 Å². The average Bonchev–Trinajstić information content (AvgIpc) is 2.12. The molecule has 2 nitrogen and oxygen atoms in total. The normalized spacial score (nSPS) is 9.93. The number of rotatable bonds is 3. The minimum atomic E-state index is -0.177. The molecule has 1 rings (SSSR count). The van der Waals surface area contributed by atoms with Gasteiger partial charge in [-0.2, -0.15) is 0 Å². The van der Waals surface area contributed by atoms with E-state index < -0.39 is 0 Å². The van der Waals surface area contributed by atoms with Crippen LogP contribution in [0.3, 0.4) is 0 Å². The van der Waals surface area contributed by atoms with Crippen LogP contribution in [-0.4, -0.2) is 12.6 Å². The molecule has 0 aromatic heterocycles. The third-order valence-electron chi connectivity index (χ3n) is 1.65. The molecule has 4 heteroatoms. The molecule has 0 aliphatic rings. The van der Waals surface area contributed by atoms with E-state index in [1.807, 2.05) is 25.1 Å². The monoisotopic (exact) mass is 368 g/mol. The summed E-state index contributed by atoms with van der Waals surface area (Å²) in [6.07, 6.45) is 0.339. The second kappa shape index (κ2) is 5.70. The Morgan fingerprint density at radius 2 is 2.29 bits per heavy atom. The van der Waals surface area contributed by atoms with Crippen LogP contribution in [-0.2, 0) is 16.0 Å². The molecule has 0 heterocycles. The summed E-state index contributed by atoms with van der Waals surface area (Å²) < 4.78 is 6.95. The number of carbonyl (C=O) groups is 1. The van der Waals surface area contributed by atoms with Gasteiger partial charge in [0.1, 0.15) is 0 Å². The van der Waals surface area contributed by atoms with Gasteiger partial charge in [-0.25, -0.2) is 0 Å². The van der Waals surface area contributed by atoms with Crippen LogP contribution in [0.5, 0.6) is 0 Å². The summed E-state index contributed by atoms with van der Waals surface area (Å²) in [6.45, 7) is 2.24. The number of esters is 1. The van der Waals surface area contributed by atoms with Gasteiger partial charge in [-0.05, 0) is 53.3 Å². The summed E-state index contributed by atoms with van der Waals surface area (Å²) in [5.74, 6) is -0.177. The molecule has 1 aromatic rings. The first-order chi connectivity index (χ1) is 6.63. The molecule has 1 aromatic carbocycles. The van der Waals surface area contributed by atoms with Crippen molar-refractivity contribution in [3.63, 3.8) is 0 Å². The SMILES string of the molecule is CCOC(=O)Cc1cc(Br)ccc1I. The van der Waals surface area contributed by atoms with Gasteiger partial charge in [0, 0.05) is 8.04 Å². The maximum Gasteiger partial charge on any atom is 0.310 e. The number of hydrogen-bond donors (Lipinski definition) is 0. The minimum Gasteiger partial charge on any atom is -0.466 e. The molecule has 76 valence electrons. The molecule has 0 aliphatic carbocycles. The average molecular weight is 369 g/mol. The van der Waals surface area contributed by atoms with Crippen LogP contribution >= 0.6 is 38.5 Å². The summed E-state index contributed by atoms with van der Waals surface area (Å²) in [5.41, 5.74) is 0.999. The first-order valence-corrected chi connectivity index (χ1v) is 6.10. The molecule has 0 aliphatic heterocycles. The van der Waals surface area contributed by atoms with Crippen LogP contribution in [0.15, 0.2) is 22.7 Å². The zero-order chi connectivity index (χ0) is 10.6. The Kier molecular flexibility index (Phi) is 4.88. The van der Waals surface area contributed by atoms with Gasteiger partial charge >= 0.3 is 5.97 Å². The quantitative estimate of drug-likeness (QED) is 0.605. The van der Waals surface area contributed by atoms with Crippen LogP contribution < -0.4 is 0 Å². The number of carbonyl (C=O) groups excluding carboxylic acids is 1. The molecular formula is C10H10BrIO2. The Labute approximate surface area is 105 Å². The minimum absolute atomic E-state index is 0.177.